The van der Waals surface area contributed by atoms with Gasteiger partial charge in [0.1, 0.15) is 4.90 Å². The smallest absolute Gasteiger partial charge is 0.244 e. The summed E-state index contributed by atoms with van der Waals surface area (Å²) in [6.07, 6.45) is 0. The Kier molecular flexibility index (Phi) is 4.45. The number of hydrogen-bond donors (Lipinski definition) is 3. The average Bonchev–Trinajstić information content (AvgIpc) is 2.54. The second-order valence-electron chi connectivity index (χ2n) is 3.51. The van der Waals surface area contributed by atoms with Crippen molar-refractivity contribution < 1.29 is 8.42 Å². The highest BCUT2D eigenvalue weighted by Gasteiger charge is 2.21. The number of sulfonamides is 1. The number of aromatic amines is 1. The van der Waals surface area contributed by atoms with Crippen LogP contribution in [0.3, 0.4) is 0 Å². The molecule has 16 heavy (non-hydrogen) atoms. The van der Waals surface area contributed by atoms with Gasteiger partial charge in [0, 0.05) is 13.1 Å². The summed E-state index contributed by atoms with van der Waals surface area (Å²) in [5, 5.41) is 9.57. The van der Waals surface area contributed by atoms with Crippen LogP contribution in [-0.2, 0) is 10.0 Å². The predicted molar refractivity (Wildman–Crippen MR) is 61.8 cm³/mol. The Bertz CT molecular complexity index is 419. The van der Waals surface area contributed by atoms with E-state index in [-0.39, 0.29) is 4.90 Å². The molecule has 0 aliphatic rings. The third kappa shape index (κ3) is 3.03. The summed E-state index contributed by atoms with van der Waals surface area (Å²) < 4.78 is 26.3. The summed E-state index contributed by atoms with van der Waals surface area (Å²) >= 11 is 0. The van der Waals surface area contributed by atoms with E-state index in [0.717, 1.165) is 6.54 Å². The molecule has 0 saturated carbocycles. The number of hydrogen-bond acceptors (Lipinski definition) is 4. The Balaban J connectivity index is 2.71. The molecule has 92 valence electrons. The SMILES string of the molecule is CCNCCNS(=O)(=O)c1c(C)n[nH]c1C. The fraction of sp³-hybridized carbons (Fsp3) is 0.667. The van der Waals surface area contributed by atoms with Crippen molar-refractivity contribution >= 4 is 10.0 Å². The first kappa shape index (κ1) is 13.1. The van der Waals surface area contributed by atoms with Crippen LogP contribution in [0, 0.1) is 13.8 Å². The number of aryl methyl sites for hydroxylation is 2. The Morgan fingerprint density at radius 3 is 2.50 bits per heavy atom. The van der Waals surface area contributed by atoms with Gasteiger partial charge in [-0.15, -0.1) is 0 Å². The average molecular weight is 246 g/mol. The van der Waals surface area contributed by atoms with Crippen LogP contribution in [0.5, 0.6) is 0 Å². The molecule has 7 heteroatoms. The van der Waals surface area contributed by atoms with E-state index in [0.29, 0.717) is 24.5 Å². The van der Waals surface area contributed by atoms with Gasteiger partial charge in [-0.05, 0) is 20.4 Å². The number of likely N-dealkylation sites (N-methyl/N-ethyl adjacent to an activating group) is 1. The van der Waals surface area contributed by atoms with Crippen molar-refractivity contribution in [1.29, 1.82) is 0 Å². The Hall–Kier alpha value is -0.920. The highest BCUT2D eigenvalue weighted by Crippen LogP contribution is 2.15. The molecule has 0 saturated heterocycles. The number of nitrogens with zero attached hydrogens (tertiary/aromatic N) is 1. The minimum Gasteiger partial charge on any atom is -0.316 e. The van der Waals surface area contributed by atoms with Gasteiger partial charge in [-0.3, -0.25) is 5.10 Å². The second-order valence-corrected chi connectivity index (χ2v) is 5.22. The third-order valence-electron chi connectivity index (χ3n) is 2.17. The van der Waals surface area contributed by atoms with Crippen LogP contribution in [-0.4, -0.2) is 38.2 Å². The topological polar surface area (TPSA) is 86.9 Å². The van der Waals surface area contributed by atoms with Gasteiger partial charge in [0.05, 0.1) is 11.4 Å². The molecule has 0 atom stereocenters. The van der Waals surface area contributed by atoms with Gasteiger partial charge >= 0.3 is 0 Å². The summed E-state index contributed by atoms with van der Waals surface area (Å²) in [7, 11) is -3.44. The van der Waals surface area contributed by atoms with Crippen molar-refractivity contribution in [3.8, 4) is 0 Å². The maximum Gasteiger partial charge on any atom is 0.244 e. The van der Waals surface area contributed by atoms with Crippen molar-refractivity contribution in [2.24, 2.45) is 0 Å². The summed E-state index contributed by atoms with van der Waals surface area (Å²) in [5.74, 6) is 0. The van der Waals surface area contributed by atoms with Crippen LogP contribution in [0.1, 0.15) is 18.3 Å². The molecule has 0 radical (unpaired) electrons. The van der Waals surface area contributed by atoms with Gasteiger partial charge < -0.3 is 5.32 Å². The standard InChI is InChI=1S/C9H18N4O2S/c1-4-10-5-6-11-16(14,15)9-7(2)12-13-8(9)3/h10-11H,4-6H2,1-3H3,(H,12,13). The zero-order valence-electron chi connectivity index (χ0n) is 9.79. The van der Waals surface area contributed by atoms with Crippen LogP contribution in [0.25, 0.3) is 0 Å². The maximum atomic E-state index is 11.9. The largest absolute Gasteiger partial charge is 0.316 e. The Morgan fingerprint density at radius 1 is 1.31 bits per heavy atom. The van der Waals surface area contributed by atoms with Gasteiger partial charge in [-0.25, -0.2) is 13.1 Å². The molecule has 3 N–H and O–H groups in total. The molecule has 0 aliphatic heterocycles. The molecule has 1 rings (SSSR count). The zero-order chi connectivity index (χ0) is 12.2. The van der Waals surface area contributed by atoms with Crippen molar-refractivity contribution in [2.75, 3.05) is 19.6 Å². The molecule has 1 aromatic heterocycles. The quantitative estimate of drug-likeness (QED) is 0.612. The monoisotopic (exact) mass is 246 g/mol. The molecule has 1 aromatic rings. The van der Waals surface area contributed by atoms with Gasteiger partial charge in [-0.1, -0.05) is 6.92 Å². The van der Waals surface area contributed by atoms with Gasteiger partial charge in [0.15, 0.2) is 0 Å². The van der Waals surface area contributed by atoms with Crippen molar-refractivity contribution in [1.82, 2.24) is 20.2 Å². The van der Waals surface area contributed by atoms with E-state index in [4.69, 9.17) is 0 Å². The van der Waals surface area contributed by atoms with Crippen LogP contribution < -0.4 is 10.0 Å². The van der Waals surface area contributed by atoms with Crippen LogP contribution in [0.4, 0.5) is 0 Å². The predicted octanol–water partition coefficient (Wildman–Crippen LogP) is -0.0857. The molecular weight excluding hydrogens is 228 g/mol. The van der Waals surface area contributed by atoms with E-state index in [1.165, 1.54) is 0 Å². The van der Waals surface area contributed by atoms with E-state index in [1.54, 1.807) is 13.8 Å². The number of rotatable bonds is 6. The van der Waals surface area contributed by atoms with Gasteiger partial charge in [0.25, 0.3) is 0 Å². The van der Waals surface area contributed by atoms with Crippen LogP contribution in [0.15, 0.2) is 4.90 Å². The van der Waals surface area contributed by atoms with Gasteiger partial charge in [-0.2, -0.15) is 5.10 Å². The first-order chi connectivity index (χ1) is 7.49. The minimum atomic E-state index is -3.44. The summed E-state index contributed by atoms with van der Waals surface area (Å²) in [5.41, 5.74) is 1.06. The first-order valence-electron chi connectivity index (χ1n) is 5.21. The lowest BCUT2D eigenvalue weighted by molar-refractivity contribution is 0.576. The molecule has 1 heterocycles. The highest BCUT2D eigenvalue weighted by molar-refractivity contribution is 7.89. The molecular formula is C9H18N4O2S. The number of nitrogens with one attached hydrogen (secondary N) is 3. The molecule has 6 nitrogen and oxygen atoms in total. The fourth-order valence-electron chi connectivity index (χ4n) is 1.46. The molecule has 0 unspecified atom stereocenters. The van der Waals surface area contributed by atoms with E-state index in [1.807, 2.05) is 6.92 Å². The lowest BCUT2D eigenvalue weighted by Gasteiger charge is -2.06. The minimum absolute atomic E-state index is 0.254. The van der Waals surface area contributed by atoms with E-state index in [2.05, 4.69) is 20.2 Å². The first-order valence-corrected chi connectivity index (χ1v) is 6.69. The highest BCUT2D eigenvalue weighted by atomic mass is 32.2. The van der Waals surface area contributed by atoms with Crippen LogP contribution in [0.2, 0.25) is 0 Å². The van der Waals surface area contributed by atoms with E-state index >= 15 is 0 Å². The molecule has 0 amide bonds. The fourth-order valence-corrected chi connectivity index (χ4v) is 2.86. The summed E-state index contributed by atoms with van der Waals surface area (Å²) in [4.78, 5) is 0.254. The summed E-state index contributed by atoms with van der Waals surface area (Å²) in [6.45, 7) is 7.15. The molecule has 0 aliphatic carbocycles. The van der Waals surface area contributed by atoms with E-state index in [9.17, 15) is 8.42 Å². The molecule has 0 spiro atoms. The van der Waals surface area contributed by atoms with Crippen LogP contribution >= 0.6 is 0 Å². The van der Waals surface area contributed by atoms with Crippen molar-refractivity contribution in [3.63, 3.8) is 0 Å². The van der Waals surface area contributed by atoms with Crippen molar-refractivity contribution in [3.05, 3.63) is 11.4 Å². The molecule has 0 bridgehead atoms. The van der Waals surface area contributed by atoms with E-state index < -0.39 is 10.0 Å². The Labute approximate surface area is 95.9 Å². The lowest BCUT2D eigenvalue weighted by Crippen LogP contribution is -2.32. The Morgan fingerprint density at radius 2 is 2.00 bits per heavy atom. The maximum absolute atomic E-state index is 11.9. The molecule has 0 fully saturated rings. The lowest BCUT2D eigenvalue weighted by atomic mass is 10.4. The number of H-pyrrole nitrogens is 1. The third-order valence-corrected chi connectivity index (χ3v) is 3.90. The number of aromatic nitrogens is 2. The zero-order valence-corrected chi connectivity index (χ0v) is 10.6. The van der Waals surface area contributed by atoms with Crippen molar-refractivity contribution in [2.45, 2.75) is 25.7 Å². The normalized spacial score (nSPS) is 11.9. The van der Waals surface area contributed by atoms with Gasteiger partial charge in [0.2, 0.25) is 10.0 Å². The second kappa shape index (κ2) is 5.42. The molecule has 0 aromatic carbocycles. The summed E-state index contributed by atoms with van der Waals surface area (Å²) in [6, 6.07) is 0.